The van der Waals surface area contributed by atoms with Gasteiger partial charge < -0.3 is 20.1 Å². The first-order valence-corrected chi connectivity index (χ1v) is 6.57. The summed E-state index contributed by atoms with van der Waals surface area (Å²) >= 11 is 0. The number of hydrogen-bond acceptors (Lipinski definition) is 6. The fraction of sp³-hybridized carbons (Fsp3) is 0.571. The molecule has 0 bridgehead atoms. The molecule has 1 rings (SSSR count). The molecular weight excluding hydrogens is 258 g/mol. The number of methoxy groups -OCH3 is 2. The first-order chi connectivity index (χ1) is 9.51. The number of pyridine rings is 1. The second-order valence-corrected chi connectivity index (χ2v) is 4.92. The van der Waals surface area contributed by atoms with Crippen LogP contribution in [0.2, 0.25) is 0 Å². The van der Waals surface area contributed by atoms with Crippen molar-refractivity contribution in [2.75, 3.05) is 44.5 Å². The topological polar surface area (TPSA) is 77.7 Å². The number of carbonyl (C=O) groups excluding carboxylic acids is 1. The molecule has 1 heterocycles. The zero-order valence-electron chi connectivity index (χ0n) is 12.5. The molecule has 0 atom stereocenters. The van der Waals surface area contributed by atoms with Gasteiger partial charge in [-0.1, -0.05) is 13.8 Å². The van der Waals surface area contributed by atoms with E-state index in [4.69, 9.17) is 15.2 Å². The monoisotopic (exact) mass is 281 g/mol. The van der Waals surface area contributed by atoms with Crippen LogP contribution in [0.5, 0.6) is 0 Å². The van der Waals surface area contributed by atoms with Crippen LogP contribution in [0.4, 0.5) is 11.5 Å². The van der Waals surface area contributed by atoms with Gasteiger partial charge in [-0.05, 0) is 12.0 Å². The van der Waals surface area contributed by atoms with E-state index in [-0.39, 0.29) is 0 Å². The molecule has 112 valence electrons. The number of nitrogens with two attached hydrogens (primary N) is 1. The van der Waals surface area contributed by atoms with Crippen LogP contribution in [0, 0.1) is 5.92 Å². The highest BCUT2D eigenvalue weighted by atomic mass is 16.5. The van der Waals surface area contributed by atoms with Gasteiger partial charge in [-0.25, -0.2) is 9.78 Å². The number of hydrogen-bond donors (Lipinski definition) is 1. The van der Waals surface area contributed by atoms with E-state index in [1.54, 1.807) is 19.4 Å². The Kier molecular flexibility index (Phi) is 6.24. The van der Waals surface area contributed by atoms with Gasteiger partial charge in [-0.2, -0.15) is 0 Å². The Bertz CT molecular complexity index is 449. The van der Waals surface area contributed by atoms with Gasteiger partial charge in [0.1, 0.15) is 0 Å². The maximum Gasteiger partial charge on any atom is 0.340 e. The summed E-state index contributed by atoms with van der Waals surface area (Å²) in [6, 6.07) is 1.56. The van der Waals surface area contributed by atoms with Crippen molar-refractivity contribution in [3.05, 3.63) is 17.8 Å². The summed E-state index contributed by atoms with van der Waals surface area (Å²) in [5.41, 5.74) is 6.74. The van der Waals surface area contributed by atoms with E-state index in [1.165, 1.54) is 7.11 Å². The number of aromatic nitrogens is 1. The first-order valence-electron chi connectivity index (χ1n) is 6.57. The van der Waals surface area contributed by atoms with Crippen molar-refractivity contribution in [1.82, 2.24) is 4.98 Å². The molecule has 0 unspecified atom stereocenters. The highest BCUT2D eigenvalue weighted by Crippen LogP contribution is 2.25. The molecule has 6 heteroatoms. The van der Waals surface area contributed by atoms with Crippen molar-refractivity contribution in [2.45, 2.75) is 13.8 Å². The van der Waals surface area contributed by atoms with Gasteiger partial charge >= 0.3 is 5.97 Å². The van der Waals surface area contributed by atoms with Crippen LogP contribution in [0.1, 0.15) is 24.2 Å². The third-order valence-electron chi connectivity index (χ3n) is 2.82. The van der Waals surface area contributed by atoms with Gasteiger partial charge in [0.05, 0.1) is 25.0 Å². The number of carbonyl (C=O) groups is 1. The third kappa shape index (κ3) is 4.09. The summed E-state index contributed by atoms with van der Waals surface area (Å²) in [6.45, 7) is 6.23. The average Bonchev–Trinajstić information content (AvgIpc) is 2.42. The maximum absolute atomic E-state index is 11.7. The van der Waals surface area contributed by atoms with Crippen molar-refractivity contribution in [3.63, 3.8) is 0 Å². The molecule has 0 amide bonds. The summed E-state index contributed by atoms with van der Waals surface area (Å²) in [6.07, 6.45) is 1.57. The molecule has 6 nitrogen and oxygen atoms in total. The summed E-state index contributed by atoms with van der Waals surface area (Å²) in [7, 11) is 2.98. The summed E-state index contributed by atoms with van der Waals surface area (Å²) in [5, 5.41) is 0. The van der Waals surface area contributed by atoms with Crippen molar-refractivity contribution in [2.24, 2.45) is 5.92 Å². The minimum absolute atomic E-state index is 0.337. The fourth-order valence-electron chi connectivity index (χ4n) is 1.93. The molecular formula is C14H23N3O3. The van der Waals surface area contributed by atoms with Gasteiger partial charge in [-0.15, -0.1) is 0 Å². The van der Waals surface area contributed by atoms with Crippen LogP contribution in [0.3, 0.4) is 0 Å². The largest absolute Gasteiger partial charge is 0.465 e. The van der Waals surface area contributed by atoms with E-state index in [0.717, 1.165) is 6.54 Å². The van der Waals surface area contributed by atoms with Gasteiger partial charge in [0.25, 0.3) is 0 Å². The normalized spacial score (nSPS) is 10.7. The van der Waals surface area contributed by atoms with E-state index in [1.807, 2.05) is 4.90 Å². The molecule has 1 aromatic heterocycles. The molecule has 0 saturated heterocycles. The Balaban J connectivity index is 3.09. The zero-order chi connectivity index (χ0) is 15.1. The predicted octanol–water partition coefficient (Wildman–Crippen LogP) is 1.56. The molecule has 0 radical (unpaired) electrons. The van der Waals surface area contributed by atoms with E-state index in [2.05, 4.69) is 18.8 Å². The Morgan fingerprint density at radius 3 is 2.70 bits per heavy atom. The molecule has 0 aliphatic rings. The van der Waals surface area contributed by atoms with Crippen LogP contribution in [0.15, 0.2) is 12.3 Å². The zero-order valence-corrected chi connectivity index (χ0v) is 12.5. The van der Waals surface area contributed by atoms with Crippen molar-refractivity contribution in [1.29, 1.82) is 0 Å². The third-order valence-corrected chi connectivity index (χ3v) is 2.82. The van der Waals surface area contributed by atoms with Crippen LogP contribution in [-0.2, 0) is 9.47 Å². The second kappa shape index (κ2) is 7.69. The lowest BCUT2D eigenvalue weighted by Gasteiger charge is -2.26. The van der Waals surface area contributed by atoms with E-state index in [9.17, 15) is 4.79 Å². The fourth-order valence-corrected chi connectivity index (χ4v) is 1.93. The molecule has 1 aromatic rings. The number of anilines is 2. The molecule has 0 aliphatic heterocycles. The molecule has 2 N–H and O–H groups in total. The number of ether oxygens (including phenoxy) is 2. The smallest absolute Gasteiger partial charge is 0.340 e. The molecule has 0 spiro atoms. The van der Waals surface area contributed by atoms with Gasteiger partial charge in [0.15, 0.2) is 5.82 Å². The van der Waals surface area contributed by atoms with Gasteiger partial charge in [-0.3, -0.25) is 0 Å². The standard InChI is InChI=1S/C14H23N3O3/c1-10(2)9-17(7-8-19-3)13-12(15)11(5-6-16-13)14(18)20-4/h5-6,10H,7-9,15H2,1-4H3. The first kappa shape index (κ1) is 16.2. The van der Waals surface area contributed by atoms with Gasteiger partial charge in [0, 0.05) is 26.4 Å². The Labute approximate surface area is 119 Å². The summed E-state index contributed by atoms with van der Waals surface area (Å²) in [5.74, 6) is 0.580. The SMILES string of the molecule is COCCN(CC(C)C)c1nccc(C(=O)OC)c1N. The predicted molar refractivity (Wildman–Crippen MR) is 78.9 cm³/mol. The molecule has 20 heavy (non-hydrogen) atoms. The van der Waals surface area contributed by atoms with Crippen molar-refractivity contribution < 1.29 is 14.3 Å². The molecule has 0 aliphatic carbocycles. The highest BCUT2D eigenvalue weighted by Gasteiger charge is 2.18. The number of nitrogens with zero attached hydrogens (tertiary/aromatic N) is 2. The van der Waals surface area contributed by atoms with Crippen molar-refractivity contribution in [3.8, 4) is 0 Å². The molecule has 0 aromatic carbocycles. The van der Waals surface area contributed by atoms with Crippen LogP contribution < -0.4 is 10.6 Å². The second-order valence-electron chi connectivity index (χ2n) is 4.92. The lowest BCUT2D eigenvalue weighted by molar-refractivity contribution is 0.0602. The van der Waals surface area contributed by atoms with Crippen molar-refractivity contribution >= 4 is 17.5 Å². The maximum atomic E-state index is 11.7. The Morgan fingerprint density at radius 1 is 1.45 bits per heavy atom. The number of esters is 1. The summed E-state index contributed by atoms with van der Waals surface area (Å²) < 4.78 is 9.84. The number of nitrogen functional groups attached to an aromatic ring is 1. The van der Waals surface area contributed by atoms with E-state index in [0.29, 0.717) is 36.1 Å². The van der Waals surface area contributed by atoms with Crippen LogP contribution in [-0.4, -0.2) is 44.9 Å². The molecule has 0 saturated carbocycles. The Morgan fingerprint density at radius 2 is 2.15 bits per heavy atom. The number of rotatable bonds is 7. The van der Waals surface area contributed by atoms with E-state index >= 15 is 0 Å². The Hall–Kier alpha value is -1.82. The lowest BCUT2D eigenvalue weighted by Crippen LogP contribution is -2.32. The minimum atomic E-state index is -0.456. The molecule has 0 fully saturated rings. The highest BCUT2D eigenvalue weighted by molar-refractivity contribution is 5.97. The van der Waals surface area contributed by atoms with Crippen LogP contribution >= 0.6 is 0 Å². The van der Waals surface area contributed by atoms with E-state index < -0.39 is 5.97 Å². The lowest BCUT2D eigenvalue weighted by atomic mass is 10.1. The summed E-state index contributed by atoms with van der Waals surface area (Å²) in [4.78, 5) is 18.0. The minimum Gasteiger partial charge on any atom is -0.465 e. The van der Waals surface area contributed by atoms with Crippen LogP contribution in [0.25, 0.3) is 0 Å². The van der Waals surface area contributed by atoms with Gasteiger partial charge in [0.2, 0.25) is 0 Å². The average molecular weight is 281 g/mol. The quantitative estimate of drug-likeness (QED) is 0.764.